The van der Waals surface area contributed by atoms with Gasteiger partial charge in [-0.25, -0.2) is 13.4 Å². The minimum atomic E-state index is -2.99. The Morgan fingerprint density at radius 3 is 2.75 bits per heavy atom. The van der Waals surface area contributed by atoms with Crippen LogP contribution in [0, 0.1) is 0 Å². The average Bonchev–Trinajstić information content (AvgIpc) is 3.19. The lowest BCUT2D eigenvalue weighted by Crippen LogP contribution is -2.37. The van der Waals surface area contributed by atoms with Gasteiger partial charge in [0.05, 0.1) is 17.7 Å². The minimum Gasteiger partial charge on any atom is -0.441 e. The SMILES string of the molecule is CN(C(=O)CCc1ncc(-c2ccccc2)o1)[C@H]1CCS(=O)(=O)C1. The number of carbonyl (C=O) groups excluding carboxylic acids is 1. The van der Waals surface area contributed by atoms with Gasteiger partial charge < -0.3 is 9.32 Å². The van der Waals surface area contributed by atoms with Crippen LogP contribution in [0.25, 0.3) is 11.3 Å². The number of hydrogen-bond acceptors (Lipinski definition) is 5. The molecule has 128 valence electrons. The summed E-state index contributed by atoms with van der Waals surface area (Å²) in [6, 6.07) is 9.43. The van der Waals surface area contributed by atoms with E-state index >= 15 is 0 Å². The third kappa shape index (κ3) is 3.84. The van der Waals surface area contributed by atoms with Crippen molar-refractivity contribution in [3.8, 4) is 11.3 Å². The van der Waals surface area contributed by atoms with E-state index in [9.17, 15) is 13.2 Å². The van der Waals surface area contributed by atoms with Crippen LogP contribution in [-0.4, -0.2) is 48.8 Å². The van der Waals surface area contributed by atoms with Crippen LogP contribution in [0.3, 0.4) is 0 Å². The zero-order valence-corrected chi connectivity index (χ0v) is 14.3. The van der Waals surface area contributed by atoms with Crippen molar-refractivity contribution < 1.29 is 17.6 Å². The van der Waals surface area contributed by atoms with Gasteiger partial charge in [0.25, 0.3) is 0 Å². The van der Waals surface area contributed by atoms with E-state index < -0.39 is 9.84 Å². The summed E-state index contributed by atoms with van der Waals surface area (Å²) < 4.78 is 28.7. The smallest absolute Gasteiger partial charge is 0.223 e. The van der Waals surface area contributed by atoms with Crippen molar-refractivity contribution in [2.45, 2.75) is 25.3 Å². The van der Waals surface area contributed by atoms with Crippen molar-refractivity contribution in [2.75, 3.05) is 18.6 Å². The van der Waals surface area contributed by atoms with Gasteiger partial charge in [0.2, 0.25) is 5.91 Å². The molecule has 3 rings (SSSR count). The third-order valence-electron chi connectivity index (χ3n) is 4.31. The number of sulfone groups is 1. The van der Waals surface area contributed by atoms with E-state index in [-0.39, 0.29) is 29.9 Å². The van der Waals surface area contributed by atoms with Gasteiger partial charge in [-0.15, -0.1) is 0 Å². The quantitative estimate of drug-likeness (QED) is 0.825. The maximum absolute atomic E-state index is 12.3. The Bertz CT molecular complexity index is 814. The van der Waals surface area contributed by atoms with E-state index in [2.05, 4.69) is 4.98 Å². The fourth-order valence-corrected chi connectivity index (χ4v) is 4.61. The van der Waals surface area contributed by atoms with Crippen LogP contribution in [-0.2, 0) is 21.1 Å². The standard InChI is InChI=1S/C17H20N2O4S/c1-19(14-9-10-24(21,22)12-14)17(20)8-7-16-18-11-15(23-16)13-5-3-2-4-6-13/h2-6,11,14H,7-10,12H2,1H3/t14-/m0/s1. The molecule has 24 heavy (non-hydrogen) atoms. The van der Waals surface area contributed by atoms with Crippen molar-refractivity contribution in [2.24, 2.45) is 0 Å². The molecular formula is C17H20N2O4S. The van der Waals surface area contributed by atoms with Crippen molar-refractivity contribution >= 4 is 15.7 Å². The van der Waals surface area contributed by atoms with Crippen LogP contribution in [0.15, 0.2) is 40.9 Å². The van der Waals surface area contributed by atoms with Crippen molar-refractivity contribution in [3.63, 3.8) is 0 Å². The molecule has 2 heterocycles. The molecule has 1 fully saturated rings. The largest absolute Gasteiger partial charge is 0.441 e. The molecule has 1 aliphatic heterocycles. The maximum Gasteiger partial charge on any atom is 0.223 e. The number of nitrogens with zero attached hydrogens (tertiary/aromatic N) is 2. The molecule has 1 amide bonds. The number of oxazole rings is 1. The molecule has 0 saturated carbocycles. The van der Waals surface area contributed by atoms with Gasteiger partial charge in [0.15, 0.2) is 21.5 Å². The molecule has 1 aromatic carbocycles. The van der Waals surface area contributed by atoms with Crippen LogP contribution < -0.4 is 0 Å². The highest BCUT2D eigenvalue weighted by molar-refractivity contribution is 7.91. The number of benzene rings is 1. The summed E-state index contributed by atoms with van der Waals surface area (Å²) in [4.78, 5) is 18.0. The van der Waals surface area contributed by atoms with Crippen LogP contribution in [0.4, 0.5) is 0 Å². The normalized spacial score (nSPS) is 19.3. The first-order chi connectivity index (χ1) is 11.4. The molecule has 7 heteroatoms. The molecule has 0 unspecified atom stereocenters. The summed E-state index contributed by atoms with van der Waals surface area (Å²) >= 11 is 0. The fourth-order valence-electron chi connectivity index (χ4n) is 2.84. The summed E-state index contributed by atoms with van der Waals surface area (Å²) in [7, 11) is -1.33. The molecule has 0 spiro atoms. The number of carbonyl (C=O) groups is 1. The number of amides is 1. The molecule has 1 aliphatic rings. The lowest BCUT2D eigenvalue weighted by molar-refractivity contribution is -0.131. The molecule has 1 aromatic heterocycles. The highest BCUT2D eigenvalue weighted by Gasteiger charge is 2.32. The monoisotopic (exact) mass is 348 g/mol. The van der Waals surface area contributed by atoms with E-state index in [1.165, 1.54) is 0 Å². The first-order valence-electron chi connectivity index (χ1n) is 7.91. The Balaban J connectivity index is 1.56. The summed E-state index contributed by atoms with van der Waals surface area (Å²) in [5, 5.41) is 0. The molecule has 6 nitrogen and oxygen atoms in total. The van der Waals surface area contributed by atoms with E-state index in [1.54, 1.807) is 18.1 Å². The van der Waals surface area contributed by atoms with Gasteiger partial charge in [0.1, 0.15) is 0 Å². The predicted octanol–water partition coefficient (Wildman–Crippen LogP) is 1.92. The van der Waals surface area contributed by atoms with Gasteiger partial charge in [-0.05, 0) is 6.42 Å². The van der Waals surface area contributed by atoms with Gasteiger partial charge in [0, 0.05) is 31.5 Å². The van der Waals surface area contributed by atoms with E-state index in [0.29, 0.717) is 24.5 Å². The molecule has 0 bridgehead atoms. The van der Waals surface area contributed by atoms with Crippen molar-refractivity contribution in [1.29, 1.82) is 0 Å². The first-order valence-corrected chi connectivity index (χ1v) is 9.73. The number of aromatic nitrogens is 1. The number of rotatable bonds is 5. The minimum absolute atomic E-state index is 0.0619. The third-order valence-corrected chi connectivity index (χ3v) is 6.06. The maximum atomic E-state index is 12.3. The topological polar surface area (TPSA) is 80.5 Å². The second kappa shape index (κ2) is 6.76. The van der Waals surface area contributed by atoms with Crippen LogP contribution >= 0.6 is 0 Å². The Morgan fingerprint density at radius 2 is 2.08 bits per heavy atom. The van der Waals surface area contributed by atoms with E-state index in [0.717, 1.165) is 5.56 Å². The molecule has 0 N–H and O–H groups in total. The number of hydrogen-bond donors (Lipinski definition) is 0. The Hall–Kier alpha value is -2.15. The molecule has 2 aromatic rings. The van der Waals surface area contributed by atoms with Crippen LogP contribution in [0.5, 0.6) is 0 Å². The lowest BCUT2D eigenvalue weighted by atomic mass is 10.2. The van der Waals surface area contributed by atoms with E-state index in [4.69, 9.17) is 4.42 Å². The van der Waals surface area contributed by atoms with Gasteiger partial charge in [-0.3, -0.25) is 4.79 Å². The summed E-state index contributed by atoms with van der Waals surface area (Å²) in [6.07, 6.45) is 2.82. The van der Waals surface area contributed by atoms with Crippen LogP contribution in [0.2, 0.25) is 0 Å². The zero-order valence-electron chi connectivity index (χ0n) is 13.5. The Labute approximate surface area is 141 Å². The summed E-state index contributed by atoms with van der Waals surface area (Å²) in [5.41, 5.74) is 0.941. The highest BCUT2D eigenvalue weighted by Crippen LogP contribution is 2.21. The van der Waals surface area contributed by atoms with Crippen molar-refractivity contribution in [3.05, 3.63) is 42.4 Å². The summed E-state index contributed by atoms with van der Waals surface area (Å²) in [6.45, 7) is 0. The number of aryl methyl sites for hydroxylation is 1. The first kappa shape index (κ1) is 16.7. The molecule has 0 radical (unpaired) electrons. The zero-order chi connectivity index (χ0) is 17.2. The predicted molar refractivity (Wildman–Crippen MR) is 90.1 cm³/mol. The summed E-state index contributed by atoms with van der Waals surface area (Å²) in [5.74, 6) is 1.32. The molecular weight excluding hydrogens is 328 g/mol. The second-order valence-electron chi connectivity index (χ2n) is 6.05. The molecule has 0 aliphatic carbocycles. The second-order valence-corrected chi connectivity index (χ2v) is 8.27. The van der Waals surface area contributed by atoms with E-state index in [1.807, 2.05) is 30.3 Å². The van der Waals surface area contributed by atoms with Gasteiger partial charge >= 0.3 is 0 Å². The molecule has 1 atom stereocenters. The van der Waals surface area contributed by atoms with Crippen molar-refractivity contribution in [1.82, 2.24) is 9.88 Å². The lowest BCUT2D eigenvalue weighted by Gasteiger charge is -2.23. The van der Waals surface area contributed by atoms with Gasteiger partial charge in [-0.1, -0.05) is 30.3 Å². The fraction of sp³-hybridized carbons (Fsp3) is 0.412. The highest BCUT2D eigenvalue weighted by atomic mass is 32.2. The van der Waals surface area contributed by atoms with Crippen LogP contribution in [0.1, 0.15) is 18.7 Å². The average molecular weight is 348 g/mol. The van der Waals surface area contributed by atoms with Gasteiger partial charge in [-0.2, -0.15) is 0 Å². The Morgan fingerprint density at radius 1 is 1.33 bits per heavy atom. The Kier molecular flexibility index (Phi) is 4.71. The molecule has 1 saturated heterocycles.